The Labute approximate surface area is 197 Å². The van der Waals surface area contributed by atoms with Gasteiger partial charge in [-0.15, -0.1) is 0 Å². The minimum Gasteiger partial charge on any atom is -0.480 e. The van der Waals surface area contributed by atoms with Gasteiger partial charge in [0.05, 0.1) is 13.0 Å². The number of esters is 1. The van der Waals surface area contributed by atoms with Crippen molar-refractivity contribution in [2.75, 3.05) is 20.3 Å². The van der Waals surface area contributed by atoms with E-state index in [1.807, 2.05) is 48.5 Å². The van der Waals surface area contributed by atoms with Crippen LogP contribution in [0.1, 0.15) is 36.8 Å². The first-order chi connectivity index (χ1) is 16.3. The summed E-state index contributed by atoms with van der Waals surface area (Å²) < 4.78 is 9.93. The standard InChI is InChI=1S/C25H28N2O7/c1-15(23(29)27-21(24(30)31)11-12-22(28)33-2)13-26-25(32)34-14-20-18-9-5-3-7-16(18)17-8-4-6-10-19(17)20/h3-10,15,20-21H,11-14H2,1-2H3,(H,26,32)(H,27,29)(H,30,31)/t15?,21-/m1/s1. The van der Waals surface area contributed by atoms with E-state index in [-0.39, 0.29) is 31.9 Å². The van der Waals surface area contributed by atoms with Gasteiger partial charge < -0.3 is 25.2 Å². The van der Waals surface area contributed by atoms with Gasteiger partial charge in [-0.05, 0) is 28.7 Å². The van der Waals surface area contributed by atoms with Crippen molar-refractivity contribution in [1.29, 1.82) is 0 Å². The van der Waals surface area contributed by atoms with E-state index in [0.29, 0.717) is 0 Å². The number of carboxylic acids is 1. The van der Waals surface area contributed by atoms with E-state index in [4.69, 9.17) is 4.74 Å². The minimum atomic E-state index is -1.26. The smallest absolute Gasteiger partial charge is 0.407 e. The maximum atomic E-state index is 12.3. The molecule has 9 nitrogen and oxygen atoms in total. The number of amides is 2. The largest absolute Gasteiger partial charge is 0.480 e. The Bertz CT molecular complexity index is 1020. The van der Waals surface area contributed by atoms with Gasteiger partial charge in [0.2, 0.25) is 5.91 Å². The van der Waals surface area contributed by atoms with Crippen molar-refractivity contribution < 1.29 is 33.8 Å². The molecule has 180 valence electrons. The second-order valence-electron chi connectivity index (χ2n) is 8.12. The number of ether oxygens (including phenoxy) is 2. The lowest BCUT2D eigenvalue weighted by molar-refractivity contribution is -0.144. The predicted octanol–water partition coefficient (Wildman–Crippen LogP) is 2.68. The first-order valence-electron chi connectivity index (χ1n) is 11.0. The lowest BCUT2D eigenvalue weighted by Crippen LogP contribution is -2.45. The number of nitrogens with one attached hydrogen (secondary N) is 2. The van der Waals surface area contributed by atoms with Gasteiger partial charge in [-0.2, -0.15) is 0 Å². The number of hydrogen-bond acceptors (Lipinski definition) is 6. The third kappa shape index (κ3) is 5.92. The molecule has 0 saturated carbocycles. The van der Waals surface area contributed by atoms with Crippen molar-refractivity contribution in [3.63, 3.8) is 0 Å². The van der Waals surface area contributed by atoms with Gasteiger partial charge in [0.15, 0.2) is 0 Å². The summed E-state index contributed by atoms with van der Waals surface area (Å²) in [6.45, 7) is 1.67. The fourth-order valence-corrected chi connectivity index (χ4v) is 3.91. The number of carboxylic acid groups (broad SMARTS) is 1. The fraction of sp³-hybridized carbons (Fsp3) is 0.360. The molecule has 0 radical (unpaired) electrons. The van der Waals surface area contributed by atoms with Crippen LogP contribution < -0.4 is 10.6 Å². The Morgan fingerprint density at radius 3 is 2.15 bits per heavy atom. The van der Waals surface area contributed by atoms with Crippen molar-refractivity contribution in [2.45, 2.75) is 31.7 Å². The first-order valence-corrected chi connectivity index (χ1v) is 11.0. The summed E-state index contributed by atoms with van der Waals surface area (Å²) in [5.41, 5.74) is 4.43. The summed E-state index contributed by atoms with van der Waals surface area (Å²) in [4.78, 5) is 47.2. The van der Waals surface area contributed by atoms with Gasteiger partial charge in [-0.3, -0.25) is 9.59 Å². The molecule has 1 aliphatic carbocycles. The fourth-order valence-electron chi connectivity index (χ4n) is 3.91. The Balaban J connectivity index is 1.49. The molecule has 3 N–H and O–H groups in total. The van der Waals surface area contributed by atoms with E-state index in [1.165, 1.54) is 7.11 Å². The van der Waals surface area contributed by atoms with Crippen molar-refractivity contribution in [3.05, 3.63) is 59.7 Å². The zero-order valence-electron chi connectivity index (χ0n) is 19.1. The number of carbonyl (C=O) groups is 4. The van der Waals surface area contributed by atoms with Gasteiger partial charge in [0, 0.05) is 18.9 Å². The molecule has 0 spiro atoms. The number of hydrogen-bond donors (Lipinski definition) is 3. The van der Waals surface area contributed by atoms with Crippen LogP contribution in [0.4, 0.5) is 4.79 Å². The number of fused-ring (bicyclic) bond motifs is 3. The summed E-state index contributed by atoms with van der Waals surface area (Å²) in [5, 5.41) is 14.2. The number of methoxy groups -OCH3 is 1. The number of carbonyl (C=O) groups excluding carboxylic acids is 3. The molecule has 1 unspecified atom stereocenters. The van der Waals surface area contributed by atoms with Crippen LogP contribution in [0.25, 0.3) is 11.1 Å². The molecule has 9 heteroatoms. The second kappa shape index (κ2) is 11.3. The molecule has 2 aromatic carbocycles. The Kier molecular flexibility index (Phi) is 8.24. The minimum absolute atomic E-state index is 0.0359. The molecule has 2 amide bonds. The van der Waals surface area contributed by atoms with Crippen molar-refractivity contribution >= 4 is 23.9 Å². The van der Waals surface area contributed by atoms with Crippen molar-refractivity contribution in [3.8, 4) is 11.1 Å². The van der Waals surface area contributed by atoms with Crippen LogP contribution in [0.3, 0.4) is 0 Å². The third-order valence-corrected chi connectivity index (χ3v) is 5.82. The van der Waals surface area contributed by atoms with E-state index >= 15 is 0 Å². The SMILES string of the molecule is COC(=O)CC[C@@H](NC(=O)C(C)CNC(=O)OCC1c2ccccc2-c2ccccc21)C(=O)O. The highest BCUT2D eigenvalue weighted by atomic mass is 16.5. The second-order valence-corrected chi connectivity index (χ2v) is 8.12. The van der Waals surface area contributed by atoms with Gasteiger partial charge in [0.1, 0.15) is 12.6 Å². The molecule has 0 aromatic heterocycles. The average molecular weight is 469 g/mol. The Hall–Kier alpha value is -3.88. The van der Waals surface area contributed by atoms with Gasteiger partial charge in [-0.25, -0.2) is 9.59 Å². The summed E-state index contributed by atoms with van der Waals surface area (Å²) in [5.74, 6) is -3.17. The maximum absolute atomic E-state index is 12.3. The van der Waals surface area contributed by atoms with Crippen LogP contribution in [-0.2, 0) is 23.9 Å². The van der Waals surface area contributed by atoms with Crippen LogP contribution in [-0.4, -0.2) is 55.3 Å². The monoisotopic (exact) mass is 468 g/mol. The van der Waals surface area contributed by atoms with Gasteiger partial charge in [0.25, 0.3) is 0 Å². The summed E-state index contributed by atoms with van der Waals surface area (Å²) >= 11 is 0. The van der Waals surface area contributed by atoms with Crippen LogP contribution in [0.2, 0.25) is 0 Å². The number of benzene rings is 2. The zero-order valence-corrected chi connectivity index (χ0v) is 19.1. The predicted molar refractivity (Wildman–Crippen MR) is 123 cm³/mol. The third-order valence-electron chi connectivity index (χ3n) is 5.82. The normalized spacial score (nSPS) is 13.7. The molecule has 1 aliphatic rings. The molecule has 2 atom stereocenters. The summed E-state index contributed by atoms with van der Waals surface area (Å²) in [6.07, 6.45) is -0.901. The van der Waals surface area contributed by atoms with E-state index < -0.39 is 35.9 Å². The molecular weight excluding hydrogens is 440 g/mol. The molecule has 0 aliphatic heterocycles. The molecule has 3 rings (SSSR count). The molecule has 34 heavy (non-hydrogen) atoms. The van der Waals surface area contributed by atoms with E-state index in [1.54, 1.807) is 6.92 Å². The van der Waals surface area contributed by atoms with Crippen molar-refractivity contribution in [1.82, 2.24) is 10.6 Å². The molecule has 0 bridgehead atoms. The lowest BCUT2D eigenvalue weighted by Gasteiger charge is -2.18. The zero-order chi connectivity index (χ0) is 24.7. The van der Waals surface area contributed by atoms with E-state index in [2.05, 4.69) is 15.4 Å². The van der Waals surface area contributed by atoms with Crippen molar-refractivity contribution in [2.24, 2.45) is 5.92 Å². The molecule has 0 saturated heterocycles. The average Bonchev–Trinajstić information content (AvgIpc) is 3.16. The molecule has 0 heterocycles. The van der Waals surface area contributed by atoms with Gasteiger partial charge >= 0.3 is 18.0 Å². The highest BCUT2D eigenvalue weighted by molar-refractivity contribution is 5.85. The highest BCUT2D eigenvalue weighted by Crippen LogP contribution is 2.44. The van der Waals surface area contributed by atoms with Crippen LogP contribution >= 0.6 is 0 Å². The molecule has 2 aromatic rings. The quantitative estimate of drug-likeness (QED) is 0.457. The molecular formula is C25H28N2O7. The summed E-state index contributed by atoms with van der Waals surface area (Å²) in [6, 6.07) is 14.8. The van der Waals surface area contributed by atoms with Crippen LogP contribution in [0.5, 0.6) is 0 Å². The lowest BCUT2D eigenvalue weighted by atomic mass is 9.98. The number of rotatable bonds is 10. The highest BCUT2D eigenvalue weighted by Gasteiger charge is 2.29. The topological polar surface area (TPSA) is 131 Å². The van der Waals surface area contributed by atoms with Crippen LogP contribution in [0.15, 0.2) is 48.5 Å². The summed E-state index contributed by atoms with van der Waals surface area (Å²) in [7, 11) is 1.20. The number of aliphatic carboxylic acids is 1. The van der Waals surface area contributed by atoms with E-state index in [9.17, 15) is 24.3 Å². The first kappa shape index (κ1) is 24.8. The van der Waals surface area contributed by atoms with Gasteiger partial charge in [-0.1, -0.05) is 55.5 Å². The van der Waals surface area contributed by atoms with Crippen LogP contribution in [0, 0.1) is 5.92 Å². The maximum Gasteiger partial charge on any atom is 0.407 e. The molecule has 0 fully saturated rings. The van der Waals surface area contributed by atoms with E-state index in [0.717, 1.165) is 22.3 Å². The Morgan fingerprint density at radius 2 is 1.59 bits per heavy atom. The Morgan fingerprint density at radius 1 is 1.00 bits per heavy atom. The number of alkyl carbamates (subject to hydrolysis) is 1.